The molecule has 1 unspecified atom stereocenters. The van der Waals surface area contributed by atoms with Gasteiger partial charge in [0.2, 0.25) is 0 Å². The predicted octanol–water partition coefficient (Wildman–Crippen LogP) is 3.12. The quantitative estimate of drug-likeness (QED) is 0.805. The number of hydrogen-bond donors (Lipinski definition) is 0. The number of carbonyl (C=O) groups excluding carboxylic acids is 1. The molecule has 16 heavy (non-hydrogen) atoms. The van der Waals surface area contributed by atoms with Crippen LogP contribution in [0.2, 0.25) is 5.02 Å². The van der Waals surface area contributed by atoms with E-state index in [4.69, 9.17) is 11.6 Å². The summed E-state index contributed by atoms with van der Waals surface area (Å²) in [5.74, 6) is -0.0112. The fraction of sp³-hybridized carbons (Fsp3) is 0.182. The van der Waals surface area contributed by atoms with E-state index >= 15 is 0 Å². The van der Waals surface area contributed by atoms with Gasteiger partial charge in [0.25, 0.3) is 0 Å². The Morgan fingerprint density at radius 1 is 1.50 bits per heavy atom. The summed E-state index contributed by atoms with van der Waals surface area (Å²) in [6.45, 7) is 0. The molecule has 1 aromatic heterocycles. The van der Waals surface area contributed by atoms with Crippen LogP contribution in [0.4, 0.5) is 0 Å². The second-order valence-electron chi connectivity index (χ2n) is 3.40. The summed E-state index contributed by atoms with van der Waals surface area (Å²) >= 11 is 7.41. The summed E-state index contributed by atoms with van der Waals surface area (Å²) in [4.78, 5) is 12.3. The van der Waals surface area contributed by atoms with E-state index in [2.05, 4.69) is 0 Å². The van der Waals surface area contributed by atoms with Crippen LogP contribution in [0, 0.1) is 0 Å². The minimum absolute atomic E-state index is 0.0739. The Labute approximate surface area is 105 Å². The van der Waals surface area contributed by atoms with Crippen molar-refractivity contribution in [3.63, 3.8) is 0 Å². The number of thiophene rings is 1. The average Bonchev–Trinajstić information content (AvgIpc) is 2.61. The Morgan fingerprint density at radius 3 is 2.88 bits per heavy atom. The molecule has 0 radical (unpaired) electrons. The highest BCUT2D eigenvalue weighted by Crippen LogP contribution is 2.31. The third-order valence-corrected chi connectivity index (χ3v) is 4.26. The molecule has 0 saturated carbocycles. The summed E-state index contributed by atoms with van der Waals surface area (Å²) in [5.41, 5.74) is 0. The lowest BCUT2D eigenvalue weighted by Crippen LogP contribution is -2.07. The van der Waals surface area contributed by atoms with Crippen molar-refractivity contribution in [1.29, 1.82) is 0 Å². The highest BCUT2D eigenvalue weighted by molar-refractivity contribution is 7.85. The van der Waals surface area contributed by atoms with Crippen molar-refractivity contribution in [3.05, 3.63) is 34.2 Å². The summed E-state index contributed by atoms with van der Waals surface area (Å²) in [5, 5.41) is 1.53. The van der Waals surface area contributed by atoms with Crippen LogP contribution >= 0.6 is 22.9 Å². The van der Waals surface area contributed by atoms with E-state index in [0.29, 0.717) is 9.90 Å². The molecule has 0 fully saturated rings. The fourth-order valence-corrected chi connectivity index (χ4v) is 3.34. The summed E-state index contributed by atoms with van der Waals surface area (Å²) in [6, 6.07) is 7.35. The predicted molar refractivity (Wildman–Crippen MR) is 70.1 cm³/mol. The molecule has 0 amide bonds. The van der Waals surface area contributed by atoms with Crippen molar-refractivity contribution in [2.75, 3.05) is 12.0 Å². The Morgan fingerprint density at radius 2 is 2.25 bits per heavy atom. The van der Waals surface area contributed by atoms with Crippen molar-refractivity contribution >= 4 is 49.6 Å². The van der Waals surface area contributed by atoms with Crippen LogP contribution in [0.5, 0.6) is 0 Å². The molecule has 0 aliphatic heterocycles. The molecule has 1 atom stereocenters. The SMILES string of the molecule is CS(=O)CC(=O)c1cc2c(Cl)cccc2s1. The van der Waals surface area contributed by atoms with E-state index in [1.807, 2.05) is 12.1 Å². The molecule has 1 heterocycles. The first-order chi connectivity index (χ1) is 7.58. The number of carbonyl (C=O) groups is 1. The van der Waals surface area contributed by atoms with Gasteiger partial charge in [-0.3, -0.25) is 9.00 Å². The molecule has 1 aromatic carbocycles. The van der Waals surface area contributed by atoms with Crippen LogP contribution in [-0.2, 0) is 10.8 Å². The zero-order chi connectivity index (χ0) is 11.7. The molecule has 0 aliphatic rings. The third-order valence-electron chi connectivity index (χ3n) is 2.12. The first kappa shape index (κ1) is 11.8. The molecule has 0 aliphatic carbocycles. The lowest BCUT2D eigenvalue weighted by molar-refractivity contribution is 0.102. The number of rotatable bonds is 3. The number of benzene rings is 1. The van der Waals surface area contributed by atoms with Gasteiger partial charge in [-0.2, -0.15) is 0 Å². The second-order valence-corrected chi connectivity index (χ2v) is 6.33. The Hall–Kier alpha value is -0.710. The van der Waals surface area contributed by atoms with E-state index < -0.39 is 10.8 Å². The van der Waals surface area contributed by atoms with E-state index in [1.54, 1.807) is 12.1 Å². The molecule has 84 valence electrons. The molecule has 0 bridgehead atoms. The molecule has 5 heteroatoms. The summed E-state index contributed by atoms with van der Waals surface area (Å²) < 4.78 is 12.0. The topological polar surface area (TPSA) is 34.1 Å². The van der Waals surface area contributed by atoms with Gasteiger partial charge in [-0.1, -0.05) is 17.7 Å². The van der Waals surface area contributed by atoms with Crippen molar-refractivity contribution < 1.29 is 9.00 Å². The van der Waals surface area contributed by atoms with Gasteiger partial charge in [-0.05, 0) is 18.2 Å². The van der Waals surface area contributed by atoms with Gasteiger partial charge >= 0.3 is 0 Å². The first-order valence-electron chi connectivity index (χ1n) is 4.59. The van der Waals surface area contributed by atoms with Gasteiger partial charge in [0.1, 0.15) is 0 Å². The maximum Gasteiger partial charge on any atom is 0.185 e. The van der Waals surface area contributed by atoms with Gasteiger partial charge < -0.3 is 0 Å². The van der Waals surface area contributed by atoms with Gasteiger partial charge in [-0.25, -0.2) is 0 Å². The lowest BCUT2D eigenvalue weighted by Gasteiger charge is -1.92. The third kappa shape index (κ3) is 2.34. The van der Waals surface area contributed by atoms with Crippen molar-refractivity contribution in [2.45, 2.75) is 0 Å². The van der Waals surface area contributed by atoms with E-state index in [-0.39, 0.29) is 11.5 Å². The monoisotopic (exact) mass is 272 g/mol. The molecule has 0 N–H and O–H groups in total. The molecule has 2 rings (SSSR count). The van der Waals surface area contributed by atoms with Crippen LogP contribution in [0.3, 0.4) is 0 Å². The van der Waals surface area contributed by atoms with Crippen molar-refractivity contribution in [1.82, 2.24) is 0 Å². The van der Waals surface area contributed by atoms with Gasteiger partial charge in [0, 0.05) is 32.2 Å². The Balaban J connectivity index is 2.43. The zero-order valence-electron chi connectivity index (χ0n) is 8.53. The molecule has 0 spiro atoms. The Bertz CT molecular complexity index is 574. The van der Waals surface area contributed by atoms with Crippen LogP contribution in [0.25, 0.3) is 10.1 Å². The minimum Gasteiger partial charge on any atom is -0.292 e. The number of ketones is 1. The Kier molecular flexibility index (Phi) is 3.42. The minimum atomic E-state index is -1.10. The van der Waals surface area contributed by atoms with E-state index in [1.165, 1.54) is 17.6 Å². The normalized spacial score (nSPS) is 12.9. The summed E-state index contributed by atoms with van der Waals surface area (Å²) in [7, 11) is -1.10. The van der Waals surface area contributed by atoms with E-state index in [0.717, 1.165) is 10.1 Å². The molecular weight excluding hydrogens is 264 g/mol. The van der Waals surface area contributed by atoms with Gasteiger partial charge in [0.15, 0.2) is 5.78 Å². The number of fused-ring (bicyclic) bond motifs is 1. The lowest BCUT2D eigenvalue weighted by atomic mass is 10.2. The van der Waals surface area contributed by atoms with E-state index in [9.17, 15) is 9.00 Å². The van der Waals surface area contributed by atoms with Crippen molar-refractivity contribution in [2.24, 2.45) is 0 Å². The van der Waals surface area contributed by atoms with Gasteiger partial charge in [-0.15, -0.1) is 11.3 Å². The first-order valence-corrected chi connectivity index (χ1v) is 7.51. The molecular formula is C11H9ClO2S2. The van der Waals surface area contributed by atoms with Crippen LogP contribution < -0.4 is 0 Å². The fourth-order valence-electron chi connectivity index (χ4n) is 1.42. The highest BCUT2D eigenvalue weighted by atomic mass is 35.5. The summed E-state index contributed by atoms with van der Waals surface area (Å²) in [6.07, 6.45) is 1.53. The van der Waals surface area contributed by atoms with Gasteiger partial charge in [0.05, 0.1) is 10.6 Å². The maximum absolute atomic E-state index is 11.7. The largest absolute Gasteiger partial charge is 0.292 e. The standard InChI is InChI=1S/C11H9ClO2S2/c1-16(14)6-9(13)11-5-7-8(12)3-2-4-10(7)15-11/h2-5H,6H2,1H3. The molecule has 0 saturated heterocycles. The number of hydrogen-bond acceptors (Lipinski definition) is 3. The zero-order valence-corrected chi connectivity index (χ0v) is 10.9. The molecule has 2 nitrogen and oxygen atoms in total. The maximum atomic E-state index is 11.7. The molecule has 2 aromatic rings. The van der Waals surface area contributed by atoms with Crippen molar-refractivity contribution in [3.8, 4) is 0 Å². The smallest absolute Gasteiger partial charge is 0.185 e. The van der Waals surface area contributed by atoms with Crippen LogP contribution in [0.15, 0.2) is 24.3 Å². The highest BCUT2D eigenvalue weighted by Gasteiger charge is 2.12. The average molecular weight is 273 g/mol. The van der Waals surface area contributed by atoms with Crippen LogP contribution in [0.1, 0.15) is 9.67 Å². The number of Topliss-reactive ketones (excluding diaryl/α,β-unsaturated/α-hetero) is 1. The van der Waals surface area contributed by atoms with Crippen LogP contribution in [-0.4, -0.2) is 22.0 Å². The second kappa shape index (κ2) is 4.65. The number of halogens is 1.